The molecule has 0 atom stereocenters. The van der Waals surface area contributed by atoms with Crippen LogP contribution in [0.2, 0.25) is 0 Å². The summed E-state index contributed by atoms with van der Waals surface area (Å²) < 4.78 is 5.24. The highest BCUT2D eigenvalue weighted by molar-refractivity contribution is 8.04. The van der Waals surface area contributed by atoms with Crippen molar-refractivity contribution in [1.29, 1.82) is 0 Å². The third kappa shape index (κ3) is 6.30. The van der Waals surface area contributed by atoms with E-state index in [2.05, 4.69) is 12.2 Å². The Bertz CT molecular complexity index is 1300. The quantitative estimate of drug-likeness (QED) is 0.230. The summed E-state index contributed by atoms with van der Waals surface area (Å²) in [6, 6.07) is 23.8. The molecule has 4 rings (SSSR count). The lowest BCUT2D eigenvalue weighted by atomic mass is 10.1. The van der Waals surface area contributed by atoms with E-state index in [1.807, 2.05) is 61.5 Å². The zero-order valence-electron chi connectivity index (χ0n) is 21.0. The molecule has 0 aliphatic carbocycles. The van der Waals surface area contributed by atoms with Gasteiger partial charge in [-0.25, -0.2) is 9.69 Å². The van der Waals surface area contributed by atoms with E-state index in [1.54, 1.807) is 24.3 Å². The minimum Gasteiger partial charge on any atom is -0.462 e. The van der Waals surface area contributed by atoms with Crippen LogP contribution in [0.1, 0.15) is 49.0 Å². The van der Waals surface area contributed by atoms with Gasteiger partial charge in [0, 0.05) is 10.6 Å². The summed E-state index contributed by atoms with van der Waals surface area (Å²) in [5.74, 6) is -1.26. The van der Waals surface area contributed by atoms with Gasteiger partial charge < -0.3 is 10.1 Å². The number of amides is 2. The molecule has 1 heterocycles. The van der Waals surface area contributed by atoms with Gasteiger partial charge in [-0.15, -0.1) is 0 Å². The van der Waals surface area contributed by atoms with Gasteiger partial charge in [-0.3, -0.25) is 9.59 Å². The van der Waals surface area contributed by atoms with Crippen LogP contribution in [0.3, 0.4) is 0 Å². The Balaban J connectivity index is 1.65. The van der Waals surface area contributed by atoms with Crippen molar-refractivity contribution in [2.24, 2.45) is 0 Å². The first-order chi connectivity index (χ1) is 18.0. The Morgan fingerprint density at radius 1 is 0.892 bits per heavy atom. The van der Waals surface area contributed by atoms with Crippen molar-refractivity contribution in [2.45, 2.75) is 44.4 Å². The third-order valence-electron chi connectivity index (χ3n) is 5.82. The zero-order chi connectivity index (χ0) is 26.2. The third-order valence-corrected chi connectivity index (χ3v) is 6.91. The summed E-state index contributed by atoms with van der Waals surface area (Å²) in [7, 11) is 0. The Morgan fingerprint density at radius 3 is 2.35 bits per heavy atom. The number of imide groups is 1. The normalized spacial score (nSPS) is 13.3. The highest BCUT2D eigenvalue weighted by Crippen LogP contribution is 2.38. The molecule has 3 aromatic carbocycles. The maximum Gasteiger partial charge on any atom is 0.338 e. The van der Waals surface area contributed by atoms with Crippen LogP contribution >= 0.6 is 11.8 Å². The number of carbonyl (C=O) groups is 3. The maximum absolute atomic E-state index is 13.6. The van der Waals surface area contributed by atoms with Gasteiger partial charge in [0.25, 0.3) is 11.8 Å². The molecule has 6 nitrogen and oxygen atoms in total. The van der Waals surface area contributed by atoms with Crippen LogP contribution in [-0.4, -0.2) is 24.4 Å². The standard InChI is InChI=1S/C30H30N2O4S/c1-3-5-10-21-15-17-24(18-16-21)32-28(33)26(27(29(32)34)37-25-13-7-6-8-14-25)31-23-12-9-11-22(20-23)30(35)36-19-4-2/h6-9,11-18,20,31H,3-5,10,19H2,1-2H3. The highest BCUT2D eigenvalue weighted by atomic mass is 32.2. The van der Waals surface area contributed by atoms with Gasteiger partial charge in [0.05, 0.1) is 17.9 Å². The second-order valence-electron chi connectivity index (χ2n) is 8.68. The number of unbranched alkanes of at least 4 members (excludes halogenated alkanes) is 1. The number of ether oxygens (including phenoxy) is 1. The summed E-state index contributed by atoms with van der Waals surface area (Å²) in [6.07, 6.45) is 3.86. The van der Waals surface area contributed by atoms with E-state index in [9.17, 15) is 14.4 Å². The van der Waals surface area contributed by atoms with Crippen molar-refractivity contribution < 1.29 is 19.1 Å². The first-order valence-corrected chi connectivity index (χ1v) is 13.3. The molecule has 0 aromatic heterocycles. The lowest BCUT2D eigenvalue weighted by molar-refractivity contribution is -0.120. The number of thioether (sulfide) groups is 1. The van der Waals surface area contributed by atoms with Crippen molar-refractivity contribution in [3.05, 3.63) is 101 Å². The van der Waals surface area contributed by atoms with Crippen molar-refractivity contribution in [3.8, 4) is 0 Å². The number of nitrogens with zero attached hydrogens (tertiary/aromatic N) is 1. The van der Waals surface area contributed by atoms with Crippen molar-refractivity contribution in [3.63, 3.8) is 0 Å². The molecule has 2 amide bonds. The average molecular weight is 515 g/mol. The van der Waals surface area contributed by atoms with Crippen LogP contribution in [-0.2, 0) is 20.7 Å². The first kappa shape index (κ1) is 26.2. The van der Waals surface area contributed by atoms with E-state index in [0.29, 0.717) is 28.5 Å². The number of esters is 1. The molecule has 0 fully saturated rings. The fourth-order valence-corrected chi connectivity index (χ4v) is 4.84. The summed E-state index contributed by atoms with van der Waals surface area (Å²) in [5.41, 5.74) is 2.75. The molecule has 7 heteroatoms. The molecule has 190 valence electrons. The van der Waals surface area contributed by atoms with Crippen LogP contribution in [0.5, 0.6) is 0 Å². The average Bonchev–Trinajstić information content (AvgIpc) is 3.15. The fourth-order valence-electron chi connectivity index (χ4n) is 3.89. The van der Waals surface area contributed by atoms with Crippen LogP contribution in [0.4, 0.5) is 11.4 Å². The monoisotopic (exact) mass is 514 g/mol. The van der Waals surface area contributed by atoms with E-state index in [4.69, 9.17) is 4.74 Å². The second kappa shape index (κ2) is 12.4. The molecule has 0 radical (unpaired) electrons. The number of aryl methyl sites for hydroxylation is 1. The molecule has 3 aromatic rings. The van der Waals surface area contributed by atoms with Crippen LogP contribution in [0.15, 0.2) is 94.4 Å². The summed E-state index contributed by atoms with van der Waals surface area (Å²) in [5, 5.41) is 3.12. The van der Waals surface area contributed by atoms with Crippen molar-refractivity contribution >= 4 is 40.9 Å². The summed E-state index contributed by atoms with van der Waals surface area (Å²) >= 11 is 1.24. The molecular formula is C30H30N2O4S. The molecule has 0 unspecified atom stereocenters. The van der Waals surface area contributed by atoms with E-state index < -0.39 is 11.9 Å². The minimum absolute atomic E-state index is 0.174. The Kier molecular flexibility index (Phi) is 8.80. The summed E-state index contributed by atoms with van der Waals surface area (Å²) in [6.45, 7) is 4.40. The van der Waals surface area contributed by atoms with E-state index >= 15 is 0 Å². The topological polar surface area (TPSA) is 75.7 Å². The fraction of sp³-hybridized carbons (Fsp3) is 0.233. The highest BCUT2D eigenvalue weighted by Gasteiger charge is 2.40. The predicted octanol–water partition coefficient (Wildman–Crippen LogP) is 6.59. The molecule has 1 N–H and O–H groups in total. The SMILES string of the molecule is CCCCc1ccc(N2C(=O)C(Nc3cccc(C(=O)OCCC)c3)=C(Sc3ccccc3)C2=O)cc1. The molecule has 0 spiro atoms. The van der Waals surface area contributed by atoms with Gasteiger partial charge in [-0.1, -0.05) is 68.4 Å². The smallest absolute Gasteiger partial charge is 0.338 e. The van der Waals surface area contributed by atoms with E-state index in [-0.39, 0.29) is 11.6 Å². The summed E-state index contributed by atoms with van der Waals surface area (Å²) in [4.78, 5) is 41.9. The van der Waals surface area contributed by atoms with E-state index in [0.717, 1.165) is 30.6 Å². The number of nitrogens with one attached hydrogen (secondary N) is 1. The van der Waals surface area contributed by atoms with Gasteiger partial charge in [-0.2, -0.15) is 0 Å². The lowest BCUT2D eigenvalue weighted by Gasteiger charge is -2.16. The molecule has 1 aliphatic heterocycles. The predicted molar refractivity (Wildman–Crippen MR) is 148 cm³/mol. The van der Waals surface area contributed by atoms with Gasteiger partial charge >= 0.3 is 5.97 Å². The Hall–Kier alpha value is -3.84. The number of anilines is 2. The lowest BCUT2D eigenvalue weighted by Crippen LogP contribution is -2.32. The van der Waals surface area contributed by atoms with Gasteiger partial charge in [0.15, 0.2) is 0 Å². The molecule has 37 heavy (non-hydrogen) atoms. The Labute approximate surface area is 221 Å². The van der Waals surface area contributed by atoms with Crippen LogP contribution < -0.4 is 10.2 Å². The number of carbonyl (C=O) groups excluding carboxylic acids is 3. The molecule has 0 saturated carbocycles. The van der Waals surface area contributed by atoms with Crippen LogP contribution in [0, 0.1) is 0 Å². The molecular weight excluding hydrogens is 484 g/mol. The number of hydrogen-bond donors (Lipinski definition) is 1. The van der Waals surface area contributed by atoms with Gasteiger partial charge in [-0.05, 0) is 67.3 Å². The molecule has 0 saturated heterocycles. The van der Waals surface area contributed by atoms with Crippen molar-refractivity contribution in [2.75, 3.05) is 16.8 Å². The zero-order valence-corrected chi connectivity index (χ0v) is 21.8. The maximum atomic E-state index is 13.6. The number of benzene rings is 3. The van der Waals surface area contributed by atoms with Gasteiger partial charge in [0.2, 0.25) is 0 Å². The minimum atomic E-state index is -0.441. The first-order valence-electron chi connectivity index (χ1n) is 12.5. The molecule has 0 bridgehead atoms. The van der Waals surface area contributed by atoms with Crippen LogP contribution in [0.25, 0.3) is 0 Å². The largest absolute Gasteiger partial charge is 0.462 e. The van der Waals surface area contributed by atoms with E-state index in [1.165, 1.54) is 22.2 Å². The Morgan fingerprint density at radius 2 is 1.65 bits per heavy atom. The van der Waals surface area contributed by atoms with Crippen molar-refractivity contribution in [1.82, 2.24) is 0 Å². The number of rotatable bonds is 11. The number of hydrogen-bond acceptors (Lipinski definition) is 6. The second-order valence-corrected chi connectivity index (χ2v) is 9.76. The van der Waals surface area contributed by atoms with Gasteiger partial charge in [0.1, 0.15) is 10.6 Å². The molecule has 1 aliphatic rings.